The number of nitrogens with one attached hydrogen (secondary N) is 1. The highest BCUT2D eigenvalue weighted by Gasteiger charge is 2.33. The topological polar surface area (TPSA) is 93.8 Å². The summed E-state index contributed by atoms with van der Waals surface area (Å²) in [6, 6.07) is -0.318. The zero-order valence-corrected chi connectivity index (χ0v) is 18.0. The number of amides is 1. The first-order valence-corrected chi connectivity index (χ1v) is 11.2. The van der Waals surface area contributed by atoms with Gasteiger partial charge >= 0.3 is 0 Å². The molecule has 2 aliphatic carbocycles. The van der Waals surface area contributed by atoms with E-state index in [0.717, 1.165) is 58.8 Å². The summed E-state index contributed by atoms with van der Waals surface area (Å²) >= 11 is 1.44. The fraction of sp³-hybridized carbons (Fsp3) is 0.571. The Balaban J connectivity index is 1.44. The number of aryl methyl sites for hydroxylation is 2. The second-order valence-electron chi connectivity index (χ2n) is 8.64. The zero-order chi connectivity index (χ0) is 20.3. The minimum Gasteiger partial charge on any atom is -0.339 e. The molecule has 0 saturated heterocycles. The number of aromatic nitrogens is 4. The van der Waals surface area contributed by atoms with Crippen LogP contribution in [-0.4, -0.2) is 26.0 Å². The number of carbonyl (C=O) groups is 1. The Morgan fingerprint density at radius 3 is 2.41 bits per heavy atom. The van der Waals surface area contributed by atoms with Gasteiger partial charge in [-0.3, -0.25) is 4.79 Å². The second-order valence-corrected chi connectivity index (χ2v) is 9.64. The first-order valence-electron chi connectivity index (χ1n) is 10.3. The Hall–Kier alpha value is -2.35. The molecule has 0 radical (unpaired) electrons. The predicted molar refractivity (Wildman–Crippen MR) is 110 cm³/mol. The predicted octanol–water partition coefficient (Wildman–Crippen LogP) is 4.57. The summed E-state index contributed by atoms with van der Waals surface area (Å²) in [6.07, 6.45) is 4.54. The molecule has 0 spiro atoms. The molecular formula is C21H25N5O2S. The van der Waals surface area contributed by atoms with E-state index in [-0.39, 0.29) is 17.9 Å². The van der Waals surface area contributed by atoms with Crippen molar-refractivity contribution in [1.29, 1.82) is 0 Å². The molecule has 0 aromatic carbocycles. The third-order valence-electron chi connectivity index (χ3n) is 5.76. The fourth-order valence-electron chi connectivity index (χ4n) is 3.70. The van der Waals surface area contributed by atoms with Gasteiger partial charge in [0.25, 0.3) is 5.91 Å². The molecule has 2 aliphatic rings. The van der Waals surface area contributed by atoms with Crippen LogP contribution in [0.3, 0.4) is 0 Å². The number of thiophene rings is 1. The summed E-state index contributed by atoms with van der Waals surface area (Å²) in [5.74, 6) is 3.08. The van der Waals surface area contributed by atoms with Gasteiger partial charge in [0.1, 0.15) is 16.7 Å². The Bertz CT molecular complexity index is 1090. The molecule has 5 rings (SSSR count). The summed E-state index contributed by atoms with van der Waals surface area (Å²) in [5.41, 5.74) is 1.89. The molecule has 1 atom stereocenters. The van der Waals surface area contributed by atoms with Crippen LogP contribution in [0.15, 0.2) is 4.52 Å². The van der Waals surface area contributed by atoms with E-state index >= 15 is 0 Å². The number of carbonyl (C=O) groups excluding carboxylic acids is 1. The highest BCUT2D eigenvalue weighted by molar-refractivity contribution is 7.20. The summed E-state index contributed by atoms with van der Waals surface area (Å²) in [5, 5.41) is 8.22. The van der Waals surface area contributed by atoms with Crippen molar-refractivity contribution in [3.63, 3.8) is 0 Å². The minimum atomic E-state index is -0.318. The lowest BCUT2D eigenvalue weighted by atomic mass is 10.0. The van der Waals surface area contributed by atoms with Crippen LogP contribution in [0.4, 0.5) is 0 Å². The summed E-state index contributed by atoms with van der Waals surface area (Å²) in [6.45, 7) is 8.07. The Morgan fingerprint density at radius 2 is 1.76 bits per heavy atom. The van der Waals surface area contributed by atoms with Gasteiger partial charge < -0.3 is 9.84 Å². The number of fused-ring (bicyclic) bond motifs is 1. The zero-order valence-electron chi connectivity index (χ0n) is 17.2. The maximum atomic E-state index is 13.2. The molecule has 3 aromatic rings. The number of nitrogens with zero attached hydrogens (tertiary/aromatic N) is 4. The maximum Gasteiger partial charge on any atom is 0.262 e. The molecule has 29 heavy (non-hydrogen) atoms. The van der Waals surface area contributed by atoms with E-state index in [1.54, 1.807) is 0 Å². The van der Waals surface area contributed by atoms with Gasteiger partial charge in [-0.1, -0.05) is 19.0 Å². The fourth-order valence-corrected chi connectivity index (χ4v) is 4.84. The van der Waals surface area contributed by atoms with E-state index in [4.69, 9.17) is 9.51 Å². The van der Waals surface area contributed by atoms with Crippen molar-refractivity contribution < 1.29 is 9.32 Å². The van der Waals surface area contributed by atoms with Crippen molar-refractivity contribution in [3.05, 3.63) is 33.7 Å². The third-order valence-corrected chi connectivity index (χ3v) is 6.94. The third kappa shape index (κ3) is 3.43. The maximum absolute atomic E-state index is 13.2. The van der Waals surface area contributed by atoms with Crippen LogP contribution >= 0.6 is 11.3 Å². The molecule has 0 bridgehead atoms. The quantitative estimate of drug-likeness (QED) is 0.638. The Labute approximate surface area is 173 Å². The van der Waals surface area contributed by atoms with Crippen molar-refractivity contribution in [1.82, 2.24) is 25.4 Å². The Morgan fingerprint density at radius 1 is 1.07 bits per heavy atom. The van der Waals surface area contributed by atoms with Crippen LogP contribution in [0.1, 0.15) is 95.9 Å². The van der Waals surface area contributed by atoms with Gasteiger partial charge in [-0.2, -0.15) is 4.98 Å². The van der Waals surface area contributed by atoms with E-state index in [1.165, 1.54) is 11.3 Å². The lowest BCUT2D eigenvalue weighted by molar-refractivity contribution is 0.0917. The largest absolute Gasteiger partial charge is 0.339 e. The highest BCUT2D eigenvalue weighted by Crippen LogP contribution is 2.41. The molecule has 3 heterocycles. The van der Waals surface area contributed by atoms with Gasteiger partial charge in [0, 0.05) is 17.2 Å². The minimum absolute atomic E-state index is 0.122. The van der Waals surface area contributed by atoms with Crippen LogP contribution in [-0.2, 0) is 0 Å². The average molecular weight is 412 g/mol. The summed E-state index contributed by atoms with van der Waals surface area (Å²) in [7, 11) is 0. The van der Waals surface area contributed by atoms with Gasteiger partial charge in [0.15, 0.2) is 5.82 Å². The first-order chi connectivity index (χ1) is 13.9. The first kappa shape index (κ1) is 18.7. The average Bonchev–Trinajstić information content (AvgIpc) is 3.61. The van der Waals surface area contributed by atoms with Crippen molar-refractivity contribution >= 4 is 27.5 Å². The van der Waals surface area contributed by atoms with Crippen LogP contribution in [0.25, 0.3) is 10.2 Å². The van der Waals surface area contributed by atoms with E-state index < -0.39 is 0 Å². The molecule has 2 saturated carbocycles. The van der Waals surface area contributed by atoms with E-state index in [1.807, 2.05) is 27.7 Å². The van der Waals surface area contributed by atoms with Crippen molar-refractivity contribution in [3.8, 4) is 0 Å². The lowest BCUT2D eigenvalue weighted by Gasteiger charge is -2.18. The van der Waals surface area contributed by atoms with Gasteiger partial charge in [-0.05, 0) is 51.0 Å². The molecule has 3 aromatic heterocycles. The second kappa shape index (κ2) is 6.86. The summed E-state index contributed by atoms with van der Waals surface area (Å²) < 4.78 is 5.49. The van der Waals surface area contributed by atoms with Crippen molar-refractivity contribution in [2.75, 3.05) is 0 Å². The monoisotopic (exact) mass is 411 g/mol. The molecule has 152 valence electrons. The van der Waals surface area contributed by atoms with Crippen LogP contribution in [0.5, 0.6) is 0 Å². The number of rotatable bonds is 6. The van der Waals surface area contributed by atoms with Gasteiger partial charge in [0.2, 0.25) is 5.89 Å². The van der Waals surface area contributed by atoms with E-state index in [0.29, 0.717) is 22.6 Å². The molecule has 7 nitrogen and oxygen atoms in total. The van der Waals surface area contributed by atoms with Crippen LogP contribution in [0.2, 0.25) is 0 Å². The highest BCUT2D eigenvalue weighted by atomic mass is 32.1. The lowest BCUT2D eigenvalue weighted by Crippen LogP contribution is -2.31. The Kier molecular flexibility index (Phi) is 4.42. The molecule has 1 N–H and O–H groups in total. The molecule has 1 unspecified atom stereocenters. The SMILES string of the molecule is Cc1nc(C2CC2)nc2sc(C(=O)NC(c3nc(C4CC4)no3)C(C)C)c(C)c12. The molecule has 1 amide bonds. The van der Waals surface area contributed by atoms with Gasteiger partial charge in [-0.25, -0.2) is 9.97 Å². The molecule has 2 fully saturated rings. The van der Waals surface area contributed by atoms with Gasteiger partial charge in [0.05, 0.1) is 10.6 Å². The van der Waals surface area contributed by atoms with E-state index in [9.17, 15) is 4.79 Å². The summed E-state index contributed by atoms with van der Waals surface area (Å²) in [4.78, 5) is 28.7. The smallest absolute Gasteiger partial charge is 0.262 e. The molecular weight excluding hydrogens is 386 g/mol. The van der Waals surface area contributed by atoms with Gasteiger partial charge in [-0.15, -0.1) is 11.3 Å². The van der Waals surface area contributed by atoms with E-state index in [2.05, 4.69) is 20.4 Å². The van der Waals surface area contributed by atoms with Crippen molar-refractivity contribution in [2.45, 2.75) is 71.3 Å². The molecule has 0 aliphatic heterocycles. The van der Waals surface area contributed by atoms with Crippen molar-refractivity contribution in [2.24, 2.45) is 5.92 Å². The number of hydrogen-bond acceptors (Lipinski definition) is 7. The standard InChI is InChI=1S/C21H25N5O2S/c1-9(2)15(20-24-18(26-28-20)13-7-8-13)23-19(27)16-10(3)14-11(4)22-17(12-5-6-12)25-21(14)29-16/h9,12-13,15H,5-8H2,1-4H3,(H,23,27). The normalized spacial score (nSPS) is 17.8. The van der Waals surface area contributed by atoms with Crippen LogP contribution < -0.4 is 5.32 Å². The van der Waals surface area contributed by atoms with Crippen LogP contribution in [0, 0.1) is 19.8 Å². The number of hydrogen-bond donors (Lipinski definition) is 1. The molecule has 8 heteroatoms.